The van der Waals surface area contributed by atoms with Crippen molar-refractivity contribution < 1.29 is 9.59 Å². The molecule has 1 aliphatic rings. The lowest BCUT2D eigenvalue weighted by Crippen LogP contribution is -2.28. The maximum absolute atomic E-state index is 12.4. The van der Waals surface area contributed by atoms with E-state index in [0.717, 1.165) is 22.4 Å². The van der Waals surface area contributed by atoms with Crippen LogP contribution in [0.2, 0.25) is 5.02 Å². The number of benzene rings is 2. The van der Waals surface area contributed by atoms with Crippen molar-refractivity contribution in [3.05, 3.63) is 64.2 Å². The minimum Gasteiger partial charge on any atom is -0.326 e. The number of aryl methyl sites for hydroxylation is 1. The molecule has 0 aromatic heterocycles. The molecular formula is C21H21ClN4O2S. The van der Waals surface area contributed by atoms with Crippen molar-refractivity contribution in [1.82, 2.24) is 5.32 Å². The number of carbonyl (C=O) groups is 2. The summed E-state index contributed by atoms with van der Waals surface area (Å²) in [6.07, 6.45) is 0.0583. The van der Waals surface area contributed by atoms with E-state index in [2.05, 4.69) is 20.8 Å². The summed E-state index contributed by atoms with van der Waals surface area (Å²) in [6.45, 7) is 5.76. The van der Waals surface area contributed by atoms with Gasteiger partial charge in [-0.15, -0.1) is 5.10 Å². The third-order valence-corrected chi connectivity index (χ3v) is 5.90. The molecule has 1 atom stereocenters. The summed E-state index contributed by atoms with van der Waals surface area (Å²) in [4.78, 5) is 24.6. The molecule has 2 amide bonds. The van der Waals surface area contributed by atoms with Gasteiger partial charge in [-0.2, -0.15) is 5.10 Å². The van der Waals surface area contributed by atoms with E-state index in [1.54, 1.807) is 12.1 Å². The SMILES string of the molecule is C/C(=N/N=C1\NC(=O)[C@@H](CC(=O)Nc2cccc(C)c2C)S1)c1ccc(Cl)cc1. The number of amidine groups is 1. The van der Waals surface area contributed by atoms with Crippen molar-refractivity contribution in [2.75, 3.05) is 5.32 Å². The number of nitrogens with one attached hydrogen (secondary N) is 2. The topological polar surface area (TPSA) is 82.9 Å². The van der Waals surface area contributed by atoms with Crippen LogP contribution in [0.3, 0.4) is 0 Å². The van der Waals surface area contributed by atoms with Gasteiger partial charge in [0.05, 0.1) is 5.71 Å². The summed E-state index contributed by atoms with van der Waals surface area (Å²) >= 11 is 7.09. The van der Waals surface area contributed by atoms with Crippen LogP contribution in [0.15, 0.2) is 52.7 Å². The standard InChI is InChI=1S/C21H21ClN4O2S/c1-12-5-4-6-17(13(12)2)23-19(27)11-18-20(28)24-21(29-18)26-25-14(3)15-7-9-16(22)10-8-15/h4-10,18H,11H2,1-3H3,(H,23,27)(H,24,26,28)/b25-14-/t18-/m1/s1. The molecule has 2 aromatic rings. The maximum atomic E-state index is 12.4. The van der Waals surface area contributed by atoms with Gasteiger partial charge in [0, 0.05) is 17.1 Å². The molecule has 3 rings (SSSR count). The first-order valence-corrected chi connectivity index (χ1v) is 10.3. The molecule has 29 heavy (non-hydrogen) atoms. The second-order valence-corrected chi connectivity index (χ2v) is 8.32. The Labute approximate surface area is 178 Å². The molecule has 0 spiro atoms. The molecule has 0 radical (unpaired) electrons. The summed E-state index contributed by atoms with van der Waals surface area (Å²) in [5, 5.41) is 14.3. The Kier molecular flexibility index (Phi) is 6.71. The zero-order valence-electron chi connectivity index (χ0n) is 16.3. The van der Waals surface area contributed by atoms with Crippen LogP contribution in [0, 0.1) is 13.8 Å². The van der Waals surface area contributed by atoms with Crippen LogP contribution < -0.4 is 10.6 Å². The Morgan fingerprint density at radius 3 is 2.66 bits per heavy atom. The number of halogens is 1. The fourth-order valence-electron chi connectivity index (χ4n) is 2.71. The molecule has 1 heterocycles. The van der Waals surface area contributed by atoms with Gasteiger partial charge in [-0.1, -0.05) is 47.6 Å². The van der Waals surface area contributed by atoms with Gasteiger partial charge in [0.2, 0.25) is 11.8 Å². The molecule has 2 N–H and O–H groups in total. The molecule has 0 bridgehead atoms. The molecule has 0 saturated carbocycles. The summed E-state index contributed by atoms with van der Waals surface area (Å²) in [5.74, 6) is -0.461. The highest BCUT2D eigenvalue weighted by Gasteiger charge is 2.32. The average molecular weight is 429 g/mol. The van der Waals surface area contributed by atoms with E-state index in [-0.39, 0.29) is 18.2 Å². The highest BCUT2D eigenvalue weighted by molar-refractivity contribution is 8.15. The van der Waals surface area contributed by atoms with E-state index in [9.17, 15) is 9.59 Å². The number of amides is 2. The van der Waals surface area contributed by atoms with Crippen molar-refractivity contribution in [1.29, 1.82) is 0 Å². The predicted octanol–water partition coefficient (Wildman–Crippen LogP) is 4.30. The fourth-order valence-corrected chi connectivity index (χ4v) is 3.76. The molecule has 0 aliphatic carbocycles. The summed E-state index contributed by atoms with van der Waals surface area (Å²) in [7, 11) is 0. The Morgan fingerprint density at radius 1 is 1.21 bits per heavy atom. The highest BCUT2D eigenvalue weighted by Crippen LogP contribution is 2.24. The van der Waals surface area contributed by atoms with E-state index in [1.807, 2.05) is 51.1 Å². The molecule has 2 aromatic carbocycles. The maximum Gasteiger partial charge on any atom is 0.240 e. The van der Waals surface area contributed by atoms with Gasteiger partial charge in [0.15, 0.2) is 5.17 Å². The first-order chi connectivity index (χ1) is 13.8. The van der Waals surface area contributed by atoms with Crippen molar-refractivity contribution in [3.8, 4) is 0 Å². The Morgan fingerprint density at radius 2 is 1.93 bits per heavy atom. The van der Waals surface area contributed by atoms with E-state index in [0.29, 0.717) is 15.9 Å². The number of thioether (sulfide) groups is 1. The zero-order valence-corrected chi connectivity index (χ0v) is 17.9. The average Bonchev–Trinajstić information content (AvgIpc) is 3.03. The Hall–Kier alpha value is -2.64. The van der Waals surface area contributed by atoms with Gasteiger partial charge in [-0.3, -0.25) is 9.59 Å². The van der Waals surface area contributed by atoms with Crippen LogP contribution in [0.1, 0.15) is 30.0 Å². The first kappa shape index (κ1) is 21.1. The van der Waals surface area contributed by atoms with Gasteiger partial charge in [-0.25, -0.2) is 0 Å². The minimum absolute atomic E-state index is 0.0583. The lowest BCUT2D eigenvalue weighted by atomic mass is 10.1. The molecule has 150 valence electrons. The van der Waals surface area contributed by atoms with Crippen molar-refractivity contribution in [2.45, 2.75) is 32.4 Å². The molecule has 6 nitrogen and oxygen atoms in total. The van der Waals surface area contributed by atoms with E-state index < -0.39 is 5.25 Å². The highest BCUT2D eigenvalue weighted by atomic mass is 35.5. The lowest BCUT2D eigenvalue weighted by molar-refractivity contribution is -0.122. The summed E-state index contributed by atoms with van der Waals surface area (Å²) in [6, 6.07) is 13.0. The minimum atomic E-state index is -0.537. The first-order valence-electron chi connectivity index (χ1n) is 9.05. The number of hydrogen-bond acceptors (Lipinski definition) is 5. The number of hydrogen-bond donors (Lipinski definition) is 2. The van der Waals surface area contributed by atoms with E-state index >= 15 is 0 Å². The van der Waals surface area contributed by atoms with E-state index in [1.165, 1.54) is 11.8 Å². The van der Waals surface area contributed by atoms with Crippen LogP contribution in [0.25, 0.3) is 0 Å². The second kappa shape index (κ2) is 9.24. The number of anilines is 1. The fraction of sp³-hybridized carbons (Fsp3) is 0.238. The second-order valence-electron chi connectivity index (χ2n) is 6.69. The van der Waals surface area contributed by atoms with Gasteiger partial charge in [0.25, 0.3) is 0 Å². The van der Waals surface area contributed by atoms with Gasteiger partial charge in [-0.05, 0) is 55.7 Å². The Balaban J connectivity index is 1.61. The zero-order chi connectivity index (χ0) is 21.0. The number of rotatable bonds is 5. The molecule has 8 heteroatoms. The van der Waals surface area contributed by atoms with Gasteiger partial charge < -0.3 is 10.6 Å². The van der Waals surface area contributed by atoms with Crippen molar-refractivity contribution in [3.63, 3.8) is 0 Å². The smallest absolute Gasteiger partial charge is 0.240 e. The summed E-state index contributed by atoms with van der Waals surface area (Å²) in [5.41, 5.74) is 4.45. The molecule has 1 aliphatic heterocycles. The molecule has 0 unspecified atom stereocenters. The van der Waals surface area contributed by atoms with Crippen LogP contribution in [0.4, 0.5) is 5.69 Å². The van der Waals surface area contributed by atoms with Crippen LogP contribution in [-0.4, -0.2) is 27.9 Å². The van der Waals surface area contributed by atoms with Crippen LogP contribution in [-0.2, 0) is 9.59 Å². The number of carbonyl (C=O) groups excluding carboxylic acids is 2. The van der Waals surface area contributed by atoms with Gasteiger partial charge in [0.1, 0.15) is 5.25 Å². The van der Waals surface area contributed by atoms with Crippen molar-refractivity contribution in [2.24, 2.45) is 10.2 Å². The third kappa shape index (κ3) is 5.46. The largest absolute Gasteiger partial charge is 0.326 e. The normalized spacial score (nSPS) is 18.1. The van der Waals surface area contributed by atoms with Crippen LogP contribution in [0.5, 0.6) is 0 Å². The van der Waals surface area contributed by atoms with Crippen LogP contribution >= 0.6 is 23.4 Å². The quantitative estimate of drug-likeness (QED) is 0.550. The Bertz CT molecular complexity index is 1000. The lowest BCUT2D eigenvalue weighted by Gasteiger charge is -2.11. The van der Waals surface area contributed by atoms with Crippen molar-refractivity contribution >= 4 is 51.7 Å². The molecule has 1 saturated heterocycles. The summed E-state index contributed by atoms with van der Waals surface area (Å²) < 4.78 is 0. The molecule has 1 fully saturated rings. The number of nitrogens with zero attached hydrogens (tertiary/aromatic N) is 2. The van der Waals surface area contributed by atoms with Gasteiger partial charge >= 0.3 is 0 Å². The third-order valence-electron chi connectivity index (χ3n) is 4.58. The predicted molar refractivity (Wildman–Crippen MR) is 120 cm³/mol. The van der Waals surface area contributed by atoms with E-state index in [4.69, 9.17) is 11.6 Å². The monoisotopic (exact) mass is 428 g/mol. The molecular weight excluding hydrogens is 408 g/mol.